The van der Waals surface area contributed by atoms with Crippen LogP contribution in [-0.4, -0.2) is 24.4 Å². The number of benzene rings is 2. The van der Waals surface area contributed by atoms with Crippen molar-refractivity contribution in [1.82, 2.24) is 5.32 Å². The lowest BCUT2D eigenvalue weighted by Crippen LogP contribution is -2.31. The van der Waals surface area contributed by atoms with Crippen molar-refractivity contribution in [3.63, 3.8) is 0 Å². The molecule has 2 rings (SSSR count). The predicted molar refractivity (Wildman–Crippen MR) is 98.2 cm³/mol. The summed E-state index contributed by atoms with van der Waals surface area (Å²) in [6.07, 6.45) is -0.257. The smallest absolute Gasteiger partial charge is 0.306 e. The first-order valence-electron chi connectivity index (χ1n) is 8.49. The molecule has 2 aromatic rings. The SMILES string of the molecule is C[C@@H](NC(=O)COC(=O)CCC(=O)Nc1ccc(F)cc1)c1ccccc1. The van der Waals surface area contributed by atoms with Crippen molar-refractivity contribution in [2.24, 2.45) is 0 Å². The Morgan fingerprint density at radius 2 is 1.63 bits per heavy atom. The molecule has 0 aromatic heterocycles. The molecule has 0 aliphatic rings. The first-order chi connectivity index (χ1) is 12.9. The number of amides is 2. The molecule has 0 spiro atoms. The third-order valence-corrected chi connectivity index (χ3v) is 3.73. The molecule has 2 amide bonds. The number of esters is 1. The summed E-state index contributed by atoms with van der Waals surface area (Å²) in [5.74, 6) is -1.88. The fourth-order valence-corrected chi connectivity index (χ4v) is 2.30. The van der Waals surface area contributed by atoms with Gasteiger partial charge >= 0.3 is 5.97 Å². The summed E-state index contributed by atoms with van der Waals surface area (Å²) in [5.41, 5.74) is 1.37. The second-order valence-corrected chi connectivity index (χ2v) is 5.92. The molecule has 27 heavy (non-hydrogen) atoms. The number of hydrogen-bond donors (Lipinski definition) is 2. The lowest BCUT2D eigenvalue weighted by atomic mass is 10.1. The molecule has 2 aromatic carbocycles. The molecule has 1 atom stereocenters. The van der Waals surface area contributed by atoms with Crippen molar-refractivity contribution in [2.45, 2.75) is 25.8 Å². The van der Waals surface area contributed by atoms with Gasteiger partial charge in [0.05, 0.1) is 12.5 Å². The van der Waals surface area contributed by atoms with E-state index in [0.717, 1.165) is 5.56 Å². The quantitative estimate of drug-likeness (QED) is 0.698. The number of carbonyl (C=O) groups is 3. The molecule has 6 nitrogen and oxygen atoms in total. The molecule has 0 aliphatic carbocycles. The monoisotopic (exact) mass is 372 g/mol. The maximum Gasteiger partial charge on any atom is 0.306 e. The molecule has 2 N–H and O–H groups in total. The zero-order chi connectivity index (χ0) is 19.6. The van der Waals surface area contributed by atoms with Gasteiger partial charge in [0.1, 0.15) is 5.82 Å². The second-order valence-electron chi connectivity index (χ2n) is 5.92. The van der Waals surface area contributed by atoms with Gasteiger partial charge in [-0.25, -0.2) is 4.39 Å². The standard InChI is InChI=1S/C20H21FN2O4/c1-14(15-5-3-2-4-6-15)22-19(25)13-27-20(26)12-11-18(24)23-17-9-7-16(21)8-10-17/h2-10,14H,11-13H2,1H3,(H,22,25)(H,23,24)/t14-/m1/s1. The van der Waals surface area contributed by atoms with Crippen LogP contribution in [0.25, 0.3) is 0 Å². The number of hydrogen-bond acceptors (Lipinski definition) is 4. The molecule has 7 heteroatoms. The van der Waals surface area contributed by atoms with Gasteiger partial charge in [-0.2, -0.15) is 0 Å². The van der Waals surface area contributed by atoms with E-state index < -0.39 is 30.2 Å². The van der Waals surface area contributed by atoms with E-state index >= 15 is 0 Å². The predicted octanol–water partition coefficient (Wildman–Crippen LogP) is 2.97. The van der Waals surface area contributed by atoms with Gasteiger partial charge in [0, 0.05) is 12.1 Å². The van der Waals surface area contributed by atoms with E-state index in [-0.39, 0.29) is 18.9 Å². The van der Waals surface area contributed by atoms with Crippen molar-refractivity contribution in [3.8, 4) is 0 Å². The highest BCUT2D eigenvalue weighted by Gasteiger charge is 2.13. The van der Waals surface area contributed by atoms with Gasteiger partial charge in [-0.05, 0) is 36.8 Å². The summed E-state index contributed by atoms with van der Waals surface area (Å²) in [6.45, 7) is 1.42. The molecular weight excluding hydrogens is 351 g/mol. The Kier molecular flexibility index (Phi) is 7.49. The average Bonchev–Trinajstić information content (AvgIpc) is 2.67. The fourth-order valence-electron chi connectivity index (χ4n) is 2.30. The van der Waals surface area contributed by atoms with Crippen LogP contribution in [0.3, 0.4) is 0 Å². The Labute approximate surface area is 156 Å². The summed E-state index contributed by atoms with van der Waals surface area (Å²) in [7, 11) is 0. The second kappa shape index (κ2) is 10.1. The van der Waals surface area contributed by atoms with Crippen LogP contribution in [0.5, 0.6) is 0 Å². The number of anilines is 1. The van der Waals surface area contributed by atoms with Gasteiger partial charge in [-0.1, -0.05) is 30.3 Å². The lowest BCUT2D eigenvalue weighted by molar-refractivity contribution is -0.149. The van der Waals surface area contributed by atoms with E-state index in [1.165, 1.54) is 24.3 Å². The Balaban J connectivity index is 1.65. The van der Waals surface area contributed by atoms with Crippen molar-refractivity contribution in [3.05, 3.63) is 66.0 Å². The largest absolute Gasteiger partial charge is 0.456 e. The van der Waals surface area contributed by atoms with Crippen LogP contribution >= 0.6 is 0 Å². The van der Waals surface area contributed by atoms with Crippen molar-refractivity contribution >= 4 is 23.5 Å². The van der Waals surface area contributed by atoms with Gasteiger partial charge < -0.3 is 15.4 Å². The summed E-state index contributed by atoms with van der Waals surface area (Å²) in [5, 5.41) is 5.27. The lowest BCUT2D eigenvalue weighted by Gasteiger charge is -2.14. The third kappa shape index (κ3) is 7.27. The van der Waals surface area contributed by atoms with Crippen molar-refractivity contribution < 1.29 is 23.5 Å². The van der Waals surface area contributed by atoms with Crippen LogP contribution in [0, 0.1) is 5.82 Å². The van der Waals surface area contributed by atoms with E-state index in [1.54, 1.807) is 0 Å². The van der Waals surface area contributed by atoms with Crippen LogP contribution in [0.15, 0.2) is 54.6 Å². The molecule has 0 saturated carbocycles. The molecule has 0 heterocycles. The van der Waals surface area contributed by atoms with Gasteiger partial charge in [0.25, 0.3) is 5.91 Å². The first-order valence-corrected chi connectivity index (χ1v) is 8.49. The Hall–Kier alpha value is -3.22. The molecule has 0 radical (unpaired) electrons. The van der Waals surface area contributed by atoms with E-state index in [9.17, 15) is 18.8 Å². The Bertz CT molecular complexity index is 778. The summed E-state index contributed by atoms with van der Waals surface area (Å²) in [6, 6.07) is 14.5. The van der Waals surface area contributed by atoms with Gasteiger partial charge in [-0.15, -0.1) is 0 Å². The highest BCUT2D eigenvalue weighted by Crippen LogP contribution is 2.11. The third-order valence-electron chi connectivity index (χ3n) is 3.73. The zero-order valence-electron chi connectivity index (χ0n) is 14.9. The maximum absolute atomic E-state index is 12.8. The molecule has 0 unspecified atom stereocenters. The van der Waals surface area contributed by atoms with Crippen molar-refractivity contribution in [1.29, 1.82) is 0 Å². The minimum absolute atomic E-state index is 0.0990. The molecule has 0 saturated heterocycles. The number of halogens is 1. The van der Waals surface area contributed by atoms with Crippen LogP contribution in [-0.2, 0) is 19.1 Å². The normalized spacial score (nSPS) is 11.3. The van der Waals surface area contributed by atoms with E-state index in [0.29, 0.717) is 5.69 Å². The van der Waals surface area contributed by atoms with Crippen LogP contribution in [0.4, 0.5) is 10.1 Å². The van der Waals surface area contributed by atoms with Crippen LogP contribution in [0.2, 0.25) is 0 Å². The minimum Gasteiger partial charge on any atom is -0.456 e. The first kappa shape index (κ1) is 20.1. The number of nitrogens with one attached hydrogen (secondary N) is 2. The Morgan fingerprint density at radius 3 is 2.30 bits per heavy atom. The fraction of sp³-hybridized carbons (Fsp3) is 0.250. The van der Waals surface area contributed by atoms with Crippen molar-refractivity contribution in [2.75, 3.05) is 11.9 Å². The molecule has 0 bridgehead atoms. The van der Waals surface area contributed by atoms with Crippen LogP contribution < -0.4 is 10.6 Å². The average molecular weight is 372 g/mol. The highest BCUT2D eigenvalue weighted by molar-refractivity contribution is 5.92. The molecule has 0 fully saturated rings. The van der Waals surface area contributed by atoms with Gasteiger partial charge in [0.2, 0.25) is 5.91 Å². The van der Waals surface area contributed by atoms with E-state index in [4.69, 9.17) is 4.74 Å². The topological polar surface area (TPSA) is 84.5 Å². The molecular formula is C20H21FN2O4. The van der Waals surface area contributed by atoms with E-state index in [2.05, 4.69) is 10.6 Å². The summed E-state index contributed by atoms with van der Waals surface area (Å²) in [4.78, 5) is 35.3. The zero-order valence-corrected chi connectivity index (χ0v) is 14.9. The number of rotatable bonds is 8. The Morgan fingerprint density at radius 1 is 0.963 bits per heavy atom. The van der Waals surface area contributed by atoms with Gasteiger partial charge in [0.15, 0.2) is 6.61 Å². The maximum atomic E-state index is 12.8. The number of carbonyl (C=O) groups excluding carboxylic acids is 3. The minimum atomic E-state index is -0.647. The summed E-state index contributed by atoms with van der Waals surface area (Å²) < 4.78 is 17.7. The van der Waals surface area contributed by atoms with Crippen LogP contribution in [0.1, 0.15) is 31.4 Å². The summed E-state index contributed by atoms with van der Waals surface area (Å²) >= 11 is 0. The number of ether oxygens (including phenoxy) is 1. The van der Waals surface area contributed by atoms with E-state index in [1.807, 2.05) is 37.3 Å². The van der Waals surface area contributed by atoms with Gasteiger partial charge in [-0.3, -0.25) is 14.4 Å². The molecule has 0 aliphatic heterocycles. The highest BCUT2D eigenvalue weighted by atomic mass is 19.1. The molecule has 142 valence electrons.